The number of anilines is 2. The molecule has 2 aliphatic heterocycles. The Kier molecular flexibility index (Phi) is 3.63. The van der Waals surface area contributed by atoms with Crippen LogP contribution in [0.5, 0.6) is 0 Å². The van der Waals surface area contributed by atoms with Gasteiger partial charge in [-0.15, -0.1) is 5.10 Å². The standard InChI is InChI=1S/C20H21N5O2/c1-12-11-16(13-7-3-2-4-8-13)25-19(21-12)22-20(23-25)24-17(26)14-9-5-6-10-15(14)18(24)27/h2-4,7-8,14-16H,1,5-6,9-11H2,(H,21,22,23)/t14-,15+,16-/m1/s1. The number of hydrogen-bond donors (Lipinski definition) is 1. The molecule has 5 rings (SSSR count). The highest BCUT2D eigenvalue weighted by atomic mass is 16.2. The summed E-state index contributed by atoms with van der Waals surface area (Å²) in [5.74, 6) is -0.0205. The zero-order valence-corrected chi connectivity index (χ0v) is 15.0. The normalized spacial score (nSPS) is 27.3. The van der Waals surface area contributed by atoms with Gasteiger partial charge in [0, 0.05) is 12.1 Å². The summed E-state index contributed by atoms with van der Waals surface area (Å²) in [5, 5.41) is 7.71. The van der Waals surface area contributed by atoms with E-state index in [1.807, 2.05) is 30.3 Å². The largest absolute Gasteiger partial charge is 0.329 e. The summed E-state index contributed by atoms with van der Waals surface area (Å²) in [6, 6.07) is 9.94. The SMILES string of the molecule is C=C1C[C@H](c2ccccc2)n2nc(N3C(=O)[C@H]4CCCC[C@H]4C3=O)nc2N1. The minimum absolute atomic E-state index is 0.0636. The van der Waals surface area contributed by atoms with Crippen LogP contribution in [0.1, 0.15) is 43.7 Å². The predicted octanol–water partition coefficient (Wildman–Crippen LogP) is 2.88. The van der Waals surface area contributed by atoms with Gasteiger partial charge in [0.25, 0.3) is 5.95 Å². The van der Waals surface area contributed by atoms with E-state index in [4.69, 9.17) is 0 Å². The van der Waals surface area contributed by atoms with E-state index in [2.05, 4.69) is 22.0 Å². The molecule has 2 fully saturated rings. The van der Waals surface area contributed by atoms with Crippen molar-refractivity contribution < 1.29 is 9.59 Å². The quantitative estimate of drug-likeness (QED) is 0.830. The molecule has 138 valence electrons. The number of hydrogen-bond acceptors (Lipinski definition) is 5. The van der Waals surface area contributed by atoms with Gasteiger partial charge in [-0.05, 0) is 18.4 Å². The molecule has 27 heavy (non-hydrogen) atoms. The van der Waals surface area contributed by atoms with Gasteiger partial charge in [-0.3, -0.25) is 9.59 Å². The molecule has 0 spiro atoms. The number of aromatic nitrogens is 3. The van der Waals surface area contributed by atoms with E-state index in [0.29, 0.717) is 12.4 Å². The zero-order valence-electron chi connectivity index (χ0n) is 15.0. The molecule has 7 heteroatoms. The van der Waals surface area contributed by atoms with Gasteiger partial charge >= 0.3 is 0 Å². The Morgan fingerprint density at radius 1 is 1.04 bits per heavy atom. The third kappa shape index (κ3) is 2.49. The van der Waals surface area contributed by atoms with Gasteiger partial charge in [-0.2, -0.15) is 4.98 Å². The van der Waals surface area contributed by atoms with Crippen LogP contribution < -0.4 is 10.2 Å². The number of nitrogens with zero attached hydrogens (tertiary/aromatic N) is 4. The van der Waals surface area contributed by atoms with Crippen molar-refractivity contribution in [1.82, 2.24) is 14.8 Å². The lowest BCUT2D eigenvalue weighted by Crippen LogP contribution is -2.32. The molecule has 1 aromatic carbocycles. The second-order valence-corrected chi connectivity index (χ2v) is 7.55. The zero-order chi connectivity index (χ0) is 18.5. The van der Waals surface area contributed by atoms with Crippen LogP contribution in [0.3, 0.4) is 0 Å². The monoisotopic (exact) mass is 363 g/mol. The van der Waals surface area contributed by atoms with Crippen LogP contribution in [0, 0.1) is 11.8 Å². The van der Waals surface area contributed by atoms with Gasteiger partial charge in [0.05, 0.1) is 17.9 Å². The van der Waals surface area contributed by atoms with Crippen molar-refractivity contribution in [1.29, 1.82) is 0 Å². The molecule has 2 amide bonds. The van der Waals surface area contributed by atoms with Crippen molar-refractivity contribution in [3.05, 3.63) is 48.2 Å². The van der Waals surface area contributed by atoms with Crippen molar-refractivity contribution in [2.24, 2.45) is 11.8 Å². The molecular weight excluding hydrogens is 342 g/mol. The highest BCUT2D eigenvalue weighted by Gasteiger charge is 2.50. The smallest absolute Gasteiger partial charge is 0.260 e. The second kappa shape index (κ2) is 6.04. The van der Waals surface area contributed by atoms with E-state index in [9.17, 15) is 9.59 Å². The lowest BCUT2D eigenvalue weighted by Gasteiger charge is -2.26. The van der Waals surface area contributed by atoms with E-state index < -0.39 is 0 Å². The van der Waals surface area contributed by atoms with Crippen LogP contribution in [0.4, 0.5) is 11.9 Å². The van der Waals surface area contributed by atoms with Crippen LogP contribution in [-0.2, 0) is 9.59 Å². The van der Waals surface area contributed by atoms with Crippen molar-refractivity contribution >= 4 is 23.7 Å². The topological polar surface area (TPSA) is 80.1 Å². The number of rotatable bonds is 2. The molecular formula is C20H21N5O2. The molecule has 3 atom stereocenters. The Morgan fingerprint density at radius 3 is 2.37 bits per heavy atom. The van der Waals surface area contributed by atoms with Crippen molar-refractivity contribution in [2.45, 2.75) is 38.1 Å². The third-order valence-electron chi connectivity index (χ3n) is 5.87. The van der Waals surface area contributed by atoms with E-state index in [-0.39, 0.29) is 35.6 Å². The summed E-state index contributed by atoms with van der Waals surface area (Å²) >= 11 is 0. The molecule has 1 N–H and O–H groups in total. The molecule has 0 bridgehead atoms. The fourth-order valence-electron chi connectivity index (χ4n) is 4.53. The number of benzene rings is 1. The average molecular weight is 363 g/mol. The van der Waals surface area contributed by atoms with Crippen LogP contribution in [0.2, 0.25) is 0 Å². The molecule has 0 radical (unpaired) electrons. The van der Waals surface area contributed by atoms with Crippen molar-refractivity contribution in [2.75, 3.05) is 10.2 Å². The summed E-state index contributed by atoms with van der Waals surface area (Å²) < 4.78 is 1.77. The van der Waals surface area contributed by atoms with Crippen LogP contribution in [0.25, 0.3) is 0 Å². The van der Waals surface area contributed by atoms with Crippen molar-refractivity contribution in [3.8, 4) is 0 Å². The Bertz CT molecular complexity index is 911. The first-order valence-corrected chi connectivity index (χ1v) is 9.47. The number of carbonyl (C=O) groups excluding carboxylic acids is 2. The number of fused-ring (bicyclic) bond motifs is 2. The lowest BCUT2D eigenvalue weighted by atomic mass is 9.81. The first kappa shape index (κ1) is 16.2. The van der Waals surface area contributed by atoms with Gasteiger partial charge in [0.2, 0.25) is 17.8 Å². The lowest BCUT2D eigenvalue weighted by molar-refractivity contribution is -0.122. The molecule has 3 aliphatic rings. The summed E-state index contributed by atoms with van der Waals surface area (Å²) in [6.45, 7) is 4.04. The fraction of sp³-hybridized carbons (Fsp3) is 0.400. The predicted molar refractivity (Wildman–Crippen MR) is 99.9 cm³/mol. The van der Waals surface area contributed by atoms with E-state index in [0.717, 1.165) is 36.9 Å². The molecule has 3 heterocycles. The van der Waals surface area contributed by atoms with Gasteiger partial charge in [-0.25, -0.2) is 9.58 Å². The van der Waals surface area contributed by atoms with E-state index in [1.165, 1.54) is 4.90 Å². The first-order chi connectivity index (χ1) is 13.1. The Labute approximate surface area is 157 Å². The minimum Gasteiger partial charge on any atom is -0.329 e. The van der Waals surface area contributed by atoms with Gasteiger partial charge in [0.1, 0.15) is 0 Å². The van der Waals surface area contributed by atoms with E-state index >= 15 is 0 Å². The Balaban J connectivity index is 1.54. The molecule has 2 aromatic rings. The molecule has 1 aliphatic carbocycles. The second-order valence-electron chi connectivity index (χ2n) is 7.55. The molecule has 1 saturated carbocycles. The van der Waals surface area contributed by atoms with Crippen LogP contribution in [-0.4, -0.2) is 26.6 Å². The van der Waals surface area contributed by atoms with Crippen LogP contribution >= 0.6 is 0 Å². The summed E-state index contributed by atoms with van der Waals surface area (Å²) in [7, 11) is 0. The number of amides is 2. The summed E-state index contributed by atoms with van der Waals surface area (Å²) in [6.07, 6.45) is 4.23. The molecule has 7 nitrogen and oxygen atoms in total. The number of nitrogens with one attached hydrogen (secondary N) is 1. The fourth-order valence-corrected chi connectivity index (χ4v) is 4.53. The van der Waals surface area contributed by atoms with E-state index in [1.54, 1.807) is 4.68 Å². The number of allylic oxidation sites excluding steroid dienone is 1. The van der Waals surface area contributed by atoms with Gasteiger partial charge < -0.3 is 5.32 Å². The van der Waals surface area contributed by atoms with Gasteiger partial charge in [0.15, 0.2) is 0 Å². The Morgan fingerprint density at radius 2 is 1.70 bits per heavy atom. The molecule has 1 aromatic heterocycles. The first-order valence-electron chi connectivity index (χ1n) is 9.47. The molecule has 1 saturated heterocycles. The average Bonchev–Trinajstić information content (AvgIpc) is 3.21. The van der Waals surface area contributed by atoms with Crippen LogP contribution in [0.15, 0.2) is 42.6 Å². The highest BCUT2D eigenvalue weighted by molar-refractivity contribution is 6.21. The number of carbonyl (C=O) groups is 2. The maximum atomic E-state index is 12.9. The third-order valence-corrected chi connectivity index (χ3v) is 5.87. The van der Waals surface area contributed by atoms with Crippen molar-refractivity contribution in [3.63, 3.8) is 0 Å². The maximum absolute atomic E-state index is 12.9. The van der Waals surface area contributed by atoms with Gasteiger partial charge in [-0.1, -0.05) is 49.8 Å². The highest BCUT2D eigenvalue weighted by Crippen LogP contribution is 2.40. The maximum Gasteiger partial charge on any atom is 0.260 e. The Hall–Kier alpha value is -2.96. The number of imide groups is 1. The summed E-state index contributed by atoms with van der Waals surface area (Å²) in [4.78, 5) is 31.4. The minimum atomic E-state index is -0.209. The molecule has 0 unspecified atom stereocenters. The summed E-state index contributed by atoms with van der Waals surface area (Å²) in [5.41, 5.74) is 1.92.